The molecule has 1 aromatic rings. The monoisotopic (exact) mass is 423 g/mol. The van der Waals surface area contributed by atoms with E-state index < -0.39 is 34.8 Å². The predicted molar refractivity (Wildman–Crippen MR) is 113 cm³/mol. The predicted octanol–water partition coefficient (Wildman–Crippen LogP) is 5.04. The Morgan fingerprint density at radius 1 is 0.935 bits per heavy atom. The summed E-state index contributed by atoms with van der Waals surface area (Å²) in [6.07, 6.45) is 0.320. The average Bonchev–Trinajstić information content (AvgIpc) is 2.55. The lowest BCUT2D eigenvalue weighted by Gasteiger charge is -2.72. The van der Waals surface area contributed by atoms with Crippen LogP contribution >= 0.6 is 0 Å². The van der Waals surface area contributed by atoms with Gasteiger partial charge in [-0.2, -0.15) is 15.4 Å². The molecule has 0 N–H and O–H groups in total. The van der Waals surface area contributed by atoms with Crippen LogP contribution in [0.1, 0.15) is 71.9 Å². The fraction of sp³-hybridized carbons (Fsp3) is 0.583. The highest BCUT2D eigenvalue weighted by Gasteiger charge is 2.73. The molecule has 164 valence electrons. The van der Waals surface area contributed by atoms with Crippen LogP contribution in [-0.4, -0.2) is 34.3 Å². The van der Waals surface area contributed by atoms with Gasteiger partial charge in [0.05, 0.1) is 17.7 Å². The first-order valence-electron chi connectivity index (χ1n) is 10.4. The lowest BCUT2D eigenvalue weighted by atomic mass is 9.31. The van der Waals surface area contributed by atoms with Crippen LogP contribution in [0.4, 0.5) is 9.59 Å². The third-order valence-corrected chi connectivity index (χ3v) is 5.84. The van der Waals surface area contributed by atoms with E-state index in [1.807, 2.05) is 12.1 Å². The molecule has 0 spiro atoms. The first-order valence-corrected chi connectivity index (χ1v) is 10.4. The van der Waals surface area contributed by atoms with E-state index in [0.29, 0.717) is 24.8 Å². The molecule has 1 aromatic carbocycles. The quantitative estimate of drug-likeness (QED) is 0.674. The van der Waals surface area contributed by atoms with Crippen molar-refractivity contribution in [2.75, 3.05) is 0 Å². The number of hydrogen-bond donors (Lipinski definition) is 0. The second-order valence-electron chi connectivity index (χ2n) is 10.7. The zero-order chi connectivity index (χ0) is 23.2. The van der Waals surface area contributed by atoms with Crippen LogP contribution in [0.25, 0.3) is 0 Å². The summed E-state index contributed by atoms with van der Waals surface area (Å²) in [7, 11) is 0. The van der Waals surface area contributed by atoms with Gasteiger partial charge in [0.25, 0.3) is 0 Å². The van der Waals surface area contributed by atoms with Crippen LogP contribution in [0, 0.1) is 28.1 Å². The highest BCUT2D eigenvalue weighted by molar-refractivity contribution is 5.89. The van der Waals surface area contributed by atoms with Crippen LogP contribution in [0.15, 0.2) is 24.3 Å². The Labute approximate surface area is 183 Å². The van der Waals surface area contributed by atoms with Crippen molar-refractivity contribution in [1.29, 1.82) is 10.5 Å². The van der Waals surface area contributed by atoms with Crippen molar-refractivity contribution in [3.05, 3.63) is 35.4 Å². The third-order valence-electron chi connectivity index (χ3n) is 5.84. The molecule has 3 saturated carbocycles. The van der Waals surface area contributed by atoms with Gasteiger partial charge in [-0.25, -0.2) is 9.59 Å². The van der Waals surface area contributed by atoms with Gasteiger partial charge in [0.1, 0.15) is 17.2 Å². The second-order valence-corrected chi connectivity index (χ2v) is 10.7. The number of benzene rings is 1. The molecule has 3 aliphatic carbocycles. The lowest BCUT2D eigenvalue weighted by Crippen LogP contribution is -2.72. The Kier molecular flexibility index (Phi) is 5.30. The van der Waals surface area contributed by atoms with Crippen molar-refractivity contribution < 1.29 is 19.1 Å². The molecule has 0 saturated heterocycles. The van der Waals surface area contributed by atoms with Gasteiger partial charge in [0, 0.05) is 5.41 Å². The molecule has 7 heteroatoms. The van der Waals surface area contributed by atoms with E-state index in [1.54, 1.807) is 53.7 Å². The van der Waals surface area contributed by atoms with Crippen LogP contribution in [-0.2, 0) is 14.9 Å². The summed E-state index contributed by atoms with van der Waals surface area (Å²) in [4.78, 5) is 26.7. The minimum absolute atomic E-state index is 0.0728. The molecule has 2 amide bonds. The maximum atomic E-state index is 12.9. The largest absolute Gasteiger partial charge is 0.443 e. The smallest absolute Gasteiger partial charge is 0.421 e. The van der Waals surface area contributed by atoms with Crippen molar-refractivity contribution in [3.63, 3.8) is 0 Å². The Bertz CT molecular complexity index is 923. The van der Waals surface area contributed by atoms with Crippen LogP contribution < -0.4 is 0 Å². The van der Waals surface area contributed by atoms with Gasteiger partial charge in [-0.15, -0.1) is 0 Å². The van der Waals surface area contributed by atoms with E-state index in [9.17, 15) is 14.9 Å². The van der Waals surface area contributed by atoms with E-state index in [2.05, 4.69) is 12.1 Å². The molecule has 1 atom stereocenters. The summed E-state index contributed by atoms with van der Waals surface area (Å²) in [5.41, 5.74) is -0.472. The van der Waals surface area contributed by atoms with E-state index in [-0.39, 0.29) is 5.41 Å². The number of nitrogens with zero attached hydrogens (tertiary/aromatic N) is 3. The van der Waals surface area contributed by atoms with Gasteiger partial charge in [-0.05, 0) is 83.9 Å². The number of imide groups is 1. The lowest BCUT2D eigenvalue weighted by molar-refractivity contribution is -0.170. The fourth-order valence-electron chi connectivity index (χ4n) is 4.74. The Morgan fingerprint density at radius 2 is 1.39 bits per heavy atom. The Morgan fingerprint density at radius 3 is 1.74 bits per heavy atom. The molecule has 31 heavy (non-hydrogen) atoms. The van der Waals surface area contributed by atoms with Gasteiger partial charge in [0.15, 0.2) is 0 Å². The van der Waals surface area contributed by atoms with E-state index in [0.717, 1.165) is 10.5 Å². The van der Waals surface area contributed by atoms with Gasteiger partial charge in [-0.3, -0.25) is 0 Å². The fourth-order valence-corrected chi connectivity index (χ4v) is 4.74. The zero-order valence-corrected chi connectivity index (χ0v) is 19.0. The summed E-state index contributed by atoms with van der Waals surface area (Å²) in [6, 6.07) is 10.8. The van der Waals surface area contributed by atoms with Gasteiger partial charge >= 0.3 is 12.2 Å². The molecule has 7 nitrogen and oxygen atoms in total. The summed E-state index contributed by atoms with van der Waals surface area (Å²) in [5, 5.41) is 19.0. The van der Waals surface area contributed by atoms with Crippen LogP contribution in [0.2, 0.25) is 0 Å². The van der Waals surface area contributed by atoms with Gasteiger partial charge < -0.3 is 9.47 Å². The SMILES string of the molecule is CC(C)(C)OC(=O)N(C(=O)OC(C)(C)C)C(C#N)C12CC(c3ccc(C#N)cc3)(C1)C2. The topological polar surface area (TPSA) is 103 Å². The first kappa shape index (κ1) is 22.6. The Hall–Kier alpha value is -3.06. The summed E-state index contributed by atoms with van der Waals surface area (Å²) >= 11 is 0. The molecule has 0 heterocycles. The first-order chi connectivity index (χ1) is 14.2. The normalized spacial score (nSPS) is 25.0. The third kappa shape index (κ3) is 4.23. The molecular formula is C24H29N3O4. The molecule has 2 bridgehead atoms. The summed E-state index contributed by atoms with van der Waals surface area (Å²) < 4.78 is 10.9. The van der Waals surface area contributed by atoms with Gasteiger partial charge in [-0.1, -0.05) is 12.1 Å². The average molecular weight is 424 g/mol. The van der Waals surface area contributed by atoms with Crippen molar-refractivity contribution in [2.45, 2.75) is 83.5 Å². The summed E-state index contributed by atoms with van der Waals surface area (Å²) in [6.45, 7) is 10.3. The van der Waals surface area contributed by atoms with Crippen LogP contribution in [0.5, 0.6) is 0 Å². The maximum Gasteiger partial charge on any atom is 0.421 e. The zero-order valence-electron chi connectivity index (χ0n) is 19.0. The van der Waals surface area contributed by atoms with E-state index in [1.165, 1.54) is 0 Å². The van der Waals surface area contributed by atoms with Crippen molar-refractivity contribution >= 4 is 12.2 Å². The standard InChI is InChI=1S/C24H29N3O4/c1-21(2,3)30-19(28)27(20(29)31-22(4,5)6)18(12-26)24-13-23(14-24,15-24)17-9-7-16(11-25)8-10-17/h7-10,18H,13-15H2,1-6H3. The number of amides is 2. The number of rotatable bonds is 3. The molecule has 1 unspecified atom stereocenters. The number of carbonyl (C=O) groups is 2. The molecular weight excluding hydrogens is 394 g/mol. The molecule has 0 aromatic heterocycles. The van der Waals surface area contributed by atoms with E-state index >= 15 is 0 Å². The number of ether oxygens (including phenoxy) is 2. The maximum absolute atomic E-state index is 12.9. The van der Waals surface area contributed by atoms with E-state index in [4.69, 9.17) is 14.7 Å². The highest BCUT2D eigenvalue weighted by atomic mass is 16.6. The van der Waals surface area contributed by atoms with Crippen molar-refractivity contribution in [3.8, 4) is 12.1 Å². The summed E-state index contributed by atoms with van der Waals surface area (Å²) in [5.74, 6) is 0. The number of nitriles is 2. The number of hydrogen-bond acceptors (Lipinski definition) is 6. The molecule has 0 aliphatic heterocycles. The number of carbonyl (C=O) groups excluding carboxylic acids is 2. The molecule has 3 fully saturated rings. The van der Waals surface area contributed by atoms with Crippen molar-refractivity contribution in [1.82, 2.24) is 4.90 Å². The van der Waals surface area contributed by atoms with Crippen LogP contribution in [0.3, 0.4) is 0 Å². The highest BCUT2D eigenvalue weighted by Crippen LogP contribution is 2.75. The minimum atomic E-state index is -0.975. The van der Waals surface area contributed by atoms with Crippen molar-refractivity contribution in [2.24, 2.45) is 5.41 Å². The van der Waals surface area contributed by atoms with Gasteiger partial charge in [0.2, 0.25) is 0 Å². The second kappa shape index (κ2) is 7.27. The molecule has 0 radical (unpaired) electrons. The minimum Gasteiger partial charge on any atom is -0.443 e. The molecule has 4 rings (SSSR count). The molecule has 3 aliphatic rings. The Balaban J connectivity index is 1.84.